The molecule has 1 saturated heterocycles. The molecule has 1 atom stereocenters. The predicted octanol–water partition coefficient (Wildman–Crippen LogP) is 4.34. The lowest BCUT2D eigenvalue weighted by Gasteiger charge is -2.26. The first-order valence-electron chi connectivity index (χ1n) is 15.5. The lowest BCUT2D eigenvalue weighted by Crippen LogP contribution is -2.40. The number of nitrogens with zero attached hydrogens (tertiary/aromatic N) is 3. The number of amides is 1. The van der Waals surface area contributed by atoms with Crippen molar-refractivity contribution in [2.75, 3.05) is 32.9 Å². The summed E-state index contributed by atoms with van der Waals surface area (Å²) in [6.07, 6.45) is 3.86. The first-order chi connectivity index (χ1) is 22.5. The number of carbonyl (C=O) groups excluding carboxylic acids is 2. The molecule has 6 rings (SSSR count). The lowest BCUT2D eigenvalue weighted by molar-refractivity contribution is -0.139. The Labute approximate surface area is 270 Å². The molecule has 0 spiro atoms. The van der Waals surface area contributed by atoms with Crippen molar-refractivity contribution in [2.24, 2.45) is 4.99 Å². The van der Waals surface area contributed by atoms with E-state index in [0.717, 1.165) is 42.6 Å². The Balaban J connectivity index is 1.41. The van der Waals surface area contributed by atoms with Gasteiger partial charge < -0.3 is 19.1 Å². The average molecular weight is 638 g/mol. The number of fused-ring (bicyclic) bond motifs is 1. The van der Waals surface area contributed by atoms with Crippen LogP contribution < -0.4 is 24.4 Å². The highest BCUT2D eigenvalue weighted by molar-refractivity contribution is 7.07. The third kappa shape index (κ3) is 6.53. The van der Waals surface area contributed by atoms with Crippen LogP contribution in [0, 0.1) is 0 Å². The Morgan fingerprint density at radius 1 is 0.891 bits per heavy atom. The number of esters is 1. The number of carbonyl (C=O) groups is 2. The monoisotopic (exact) mass is 637 g/mol. The van der Waals surface area contributed by atoms with E-state index in [1.165, 1.54) is 11.3 Å². The molecule has 1 aromatic heterocycles. The minimum Gasteiger partial charge on any atom is -0.494 e. The molecule has 3 aromatic carbocycles. The van der Waals surface area contributed by atoms with E-state index < -0.39 is 12.0 Å². The van der Waals surface area contributed by atoms with Crippen LogP contribution >= 0.6 is 11.3 Å². The Bertz CT molecular complexity index is 1920. The number of hydrogen-bond donors (Lipinski definition) is 0. The van der Waals surface area contributed by atoms with Gasteiger partial charge in [-0.1, -0.05) is 65.9 Å². The maximum Gasteiger partial charge on any atom is 0.338 e. The largest absolute Gasteiger partial charge is 0.494 e. The van der Waals surface area contributed by atoms with Crippen LogP contribution in [0.3, 0.4) is 0 Å². The van der Waals surface area contributed by atoms with Crippen LogP contribution in [0.15, 0.2) is 94.2 Å². The molecule has 10 heteroatoms. The Morgan fingerprint density at radius 3 is 2.24 bits per heavy atom. The van der Waals surface area contributed by atoms with E-state index >= 15 is 0 Å². The molecule has 4 aromatic rings. The van der Waals surface area contributed by atoms with Crippen molar-refractivity contribution >= 4 is 35.0 Å². The summed E-state index contributed by atoms with van der Waals surface area (Å²) < 4.78 is 19.0. The van der Waals surface area contributed by atoms with Gasteiger partial charge in [0.05, 0.1) is 35.1 Å². The first kappa shape index (κ1) is 31.0. The van der Waals surface area contributed by atoms with Crippen molar-refractivity contribution in [1.82, 2.24) is 9.47 Å². The molecule has 46 heavy (non-hydrogen) atoms. The fourth-order valence-electron chi connectivity index (χ4n) is 5.68. The van der Waals surface area contributed by atoms with Crippen molar-refractivity contribution in [1.29, 1.82) is 0 Å². The number of thiazole rings is 1. The van der Waals surface area contributed by atoms with E-state index in [-0.39, 0.29) is 24.7 Å². The summed E-state index contributed by atoms with van der Waals surface area (Å²) in [6, 6.07) is 23.4. The quantitative estimate of drug-likeness (QED) is 0.240. The summed E-state index contributed by atoms with van der Waals surface area (Å²) in [5.41, 5.74) is 2.75. The number of hydrogen-bond acceptors (Lipinski definition) is 8. The van der Waals surface area contributed by atoms with Crippen molar-refractivity contribution in [3.63, 3.8) is 0 Å². The second-order valence-corrected chi connectivity index (χ2v) is 11.9. The topological polar surface area (TPSA) is 99.4 Å². The highest BCUT2D eigenvalue weighted by atomic mass is 32.1. The van der Waals surface area contributed by atoms with Gasteiger partial charge >= 0.3 is 5.97 Å². The van der Waals surface area contributed by atoms with Gasteiger partial charge in [-0.15, -0.1) is 0 Å². The zero-order chi connectivity index (χ0) is 32.0. The summed E-state index contributed by atoms with van der Waals surface area (Å²) >= 11 is 1.26. The second kappa shape index (κ2) is 14.0. The van der Waals surface area contributed by atoms with E-state index in [0.29, 0.717) is 38.7 Å². The zero-order valence-electron chi connectivity index (χ0n) is 25.8. The summed E-state index contributed by atoms with van der Waals surface area (Å²) in [6.45, 7) is 5.93. The fourth-order valence-corrected chi connectivity index (χ4v) is 6.68. The summed E-state index contributed by atoms with van der Waals surface area (Å²) in [7, 11) is 0. The SMILES string of the molecule is CCOC(=O)C1=C(c2ccccc2)N=c2s/c(=C\c3ccc(OCC(=O)N4CCCC4)cc3)c(=O)n2[C@@H]1c1ccc(OCC)cc1. The molecule has 9 nitrogen and oxygen atoms in total. The molecule has 0 aliphatic carbocycles. The van der Waals surface area contributed by atoms with Gasteiger partial charge in [0.25, 0.3) is 11.5 Å². The number of benzene rings is 3. The van der Waals surface area contributed by atoms with Crippen LogP contribution in [-0.2, 0) is 14.3 Å². The van der Waals surface area contributed by atoms with E-state index in [1.54, 1.807) is 29.7 Å². The molecule has 0 bridgehead atoms. The van der Waals surface area contributed by atoms with Crippen LogP contribution in [-0.4, -0.2) is 54.3 Å². The molecule has 3 heterocycles. The molecular formula is C36H35N3O6S. The van der Waals surface area contributed by atoms with Gasteiger partial charge in [-0.25, -0.2) is 9.79 Å². The van der Waals surface area contributed by atoms with Gasteiger partial charge in [0.1, 0.15) is 11.5 Å². The highest BCUT2D eigenvalue weighted by Crippen LogP contribution is 2.35. The van der Waals surface area contributed by atoms with Gasteiger partial charge in [0, 0.05) is 18.7 Å². The molecule has 2 aliphatic heterocycles. The van der Waals surface area contributed by atoms with Gasteiger partial charge in [-0.3, -0.25) is 14.2 Å². The van der Waals surface area contributed by atoms with Crippen LogP contribution in [0.25, 0.3) is 11.8 Å². The number of ether oxygens (including phenoxy) is 3. The molecule has 0 N–H and O–H groups in total. The van der Waals surface area contributed by atoms with Gasteiger partial charge in [-0.05, 0) is 68.2 Å². The van der Waals surface area contributed by atoms with Crippen molar-refractivity contribution in [3.05, 3.63) is 121 Å². The minimum atomic E-state index is -0.771. The maximum atomic E-state index is 14.1. The van der Waals surface area contributed by atoms with E-state index in [1.807, 2.05) is 78.6 Å². The Hall–Kier alpha value is -4.96. The molecule has 2 aliphatic rings. The highest BCUT2D eigenvalue weighted by Gasteiger charge is 2.35. The third-order valence-corrected chi connectivity index (χ3v) is 8.86. The third-order valence-electron chi connectivity index (χ3n) is 7.88. The summed E-state index contributed by atoms with van der Waals surface area (Å²) in [5, 5.41) is 0. The molecule has 0 saturated carbocycles. The predicted molar refractivity (Wildman–Crippen MR) is 176 cm³/mol. The first-order valence-corrected chi connectivity index (χ1v) is 16.3. The summed E-state index contributed by atoms with van der Waals surface area (Å²) in [4.78, 5) is 47.3. The van der Waals surface area contributed by atoms with Crippen LogP contribution in [0.4, 0.5) is 0 Å². The van der Waals surface area contributed by atoms with Gasteiger partial charge in [-0.2, -0.15) is 0 Å². The van der Waals surface area contributed by atoms with Gasteiger partial charge in [0.15, 0.2) is 11.4 Å². The van der Waals surface area contributed by atoms with Crippen LogP contribution in [0.5, 0.6) is 11.5 Å². The van der Waals surface area contributed by atoms with E-state index in [2.05, 4.69) is 0 Å². The van der Waals surface area contributed by atoms with Crippen molar-refractivity contribution < 1.29 is 23.8 Å². The molecule has 1 amide bonds. The average Bonchev–Trinajstić information content (AvgIpc) is 3.73. The standard InChI is InChI=1S/C36H35N3O6S/c1-3-43-27-18-14-26(15-19-27)33-31(35(42)44-4-2)32(25-10-6-5-7-11-25)37-36-39(33)34(41)29(46-36)22-24-12-16-28(17-13-24)45-23-30(40)38-20-8-9-21-38/h5-7,10-19,22,33H,3-4,8-9,20-21,23H2,1-2H3/b29-22-/t33-/m1/s1. The van der Waals surface area contributed by atoms with Crippen molar-refractivity contribution in [3.8, 4) is 11.5 Å². The Morgan fingerprint density at radius 2 is 1.57 bits per heavy atom. The Kier molecular flexibility index (Phi) is 9.44. The van der Waals surface area contributed by atoms with E-state index in [9.17, 15) is 14.4 Å². The number of rotatable bonds is 10. The minimum absolute atomic E-state index is 0.00393. The van der Waals surface area contributed by atoms with Crippen LogP contribution in [0.1, 0.15) is 49.4 Å². The molecule has 0 unspecified atom stereocenters. The smallest absolute Gasteiger partial charge is 0.338 e. The number of likely N-dealkylation sites (tertiary alicyclic amines) is 1. The fraction of sp³-hybridized carbons (Fsp3) is 0.278. The van der Waals surface area contributed by atoms with Crippen molar-refractivity contribution in [2.45, 2.75) is 32.7 Å². The van der Waals surface area contributed by atoms with Gasteiger partial charge in [0.2, 0.25) is 0 Å². The lowest BCUT2D eigenvalue weighted by atomic mass is 9.93. The zero-order valence-corrected chi connectivity index (χ0v) is 26.6. The molecular weight excluding hydrogens is 602 g/mol. The maximum absolute atomic E-state index is 14.1. The van der Waals surface area contributed by atoms with E-state index in [4.69, 9.17) is 19.2 Å². The molecule has 236 valence electrons. The molecule has 0 radical (unpaired) electrons. The van der Waals surface area contributed by atoms with Crippen LogP contribution in [0.2, 0.25) is 0 Å². The normalized spacial score (nSPS) is 16.2. The second-order valence-electron chi connectivity index (χ2n) is 10.9. The summed E-state index contributed by atoms with van der Waals surface area (Å²) in [5.74, 6) is 0.726. The molecule has 1 fully saturated rings. The number of aromatic nitrogens is 1.